The summed E-state index contributed by atoms with van der Waals surface area (Å²) in [6.07, 6.45) is -6.56. The largest absolute Gasteiger partial charge is 0.396 e. The molecule has 0 spiro atoms. The molecule has 0 bridgehead atoms. The Labute approximate surface area is 75.1 Å². The molecule has 4 atom stereocenters. The van der Waals surface area contributed by atoms with Gasteiger partial charge in [-0.25, -0.2) is 0 Å². The van der Waals surface area contributed by atoms with Gasteiger partial charge in [-0.1, -0.05) is 0 Å². The molecule has 0 unspecified atom stereocenters. The summed E-state index contributed by atoms with van der Waals surface area (Å²) in [5.41, 5.74) is 0. The Morgan fingerprint density at radius 1 is 1.08 bits per heavy atom. The Morgan fingerprint density at radius 2 is 1.62 bits per heavy atom. The maximum atomic E-state index is 9.98. The van der Waals surface area contributed by atoms with Crippen molar-refractivity contribution in [1.29, 1.82) is 0 Å². The lowest BCUT2D eigenvalue weighted by molar-refractivity contribution is -0.134. The van der Waals surface area contributed by atoms with Crippen LogP contribution in [-0.2, 0) is 4.79 Å². The summed E-state index contributed by atoms with van der Waals surface area (Å²) in [4.78, 5) is 9.98. The quantitative estimate of drug-likeness (QED) is 0.288. The maximum absolute atomic E-state index is 9.98. The fourth-order valence-corrected chi connectivity index (χ4v) is 0.813. The lowest BCUT2D eigenvalue weighted by atomic mass is 10.0. The van der Waals surface area contributed by atoms with Crippen molar-refractivity contribution in [1.82, 2.24) is 0 Å². The molecule has 0 aliphatic carbocycles. The summed E-state index contributed by atoms with van der Waals surface area (Å²) < 4.78 is 0. The molecule has 6 heteroatoms. The molecule has 0 aliphatic heterocycles. The van der Waals surface area contributed by atoms with Gasteiger partial charge in [0.15, 0.2) is 6.29 Å². The van der Waals surface area contributed by atoms with Gasteiger partial charge in [0.05, 0.1) is 6.10 Å². The smallest absolute Gasteiger partial charge is 0.151 e. The third-order valence-corrected chi connectivity index (χ3v) is 1.66. The average Bonchev–Trinajstić information content (AvgIpc) is 2.14. The highest BCUT2D eigenvalue weighted by Gasteiger charge is 2.29. The average molecular weight is 194 g/mol. The summed E-state index contributed by atoms with van der Waals surface area (Å²) in [5.74, 6) is 0. The van der Waals surface area contributed by atoms with E-state index in [1.54, 1.807) is 0 Å². The van der Waals surface area contributed by atoms with E-state index in [0.717, 1.165) is 0 Å². The molecule has 0 amide bonds. The lowest BCUT2D eigenvalue weighted by Crippen LogP contribution is -2.45. The molecule has 0 rings (SSSR count). The van der Waals surface area contributed by atoms with Crippen molar-refractivity contribution in [3.63, 3.8) is 0 Å². The van der Waals surface area contributed by atoms with Crippen LogP contribution in [0.15, 0.2) is 0 Å². The van der Waals surface area contributed by atoms with Crippen LogP contribution in [0.5, 0.6) is 0 Å². The third kappa shape index (κ3) is 3.79. The summed E-state index contributed by atoms with van der Waals surface area (Å²) in [5, 5.41) is 44.3. The molecule has 6 nitrogen and oxygen atoms in total. The van der Waals surface area contributed by atoms with Gasteiger partial charge in [-0.15, -0.1) is 0 Å². The van der Waals surface area contributed by atoms with Crippen LogP contribution in [0, 0.1) is 0 Å². The minimum Gasteiger partial charge on any atom is -0.396 e. The van der Waals surface area contributed by atoms with Crippen LogP contribution >= 0.6 is 0 Å². The van der Waals surface area contributed by atoms with Crippen molar-refractivity contribution in [2.24, 2.45) is 0 Å². The van der Waals surface area contributed by atoms with Gasteiger partial charge in [-0.3, -0.25) is 0 Å². The van der Waals surface area contributed by atoms with Gasteiger partial charge in [0.1, 0.15) is 18.3 Å². The summed E-state index contributed by atoms with van der Waals surface area (Å²) >= 11 is 0. The highest BCUT2D eigenvalue weighted by atomic mass is 16.4. The first-order valence-electron chi connectivity index (χ1n) is 3.83. The van der Waals surface area contributed by atoms with E-state index in [4.69, 9.17) is 25.5 Å². The monoisotopic (exact) mass is 194 g/mol. The first kappa shape index (κ1) is 12.5. The predicted octanol–water partition coefficient (Wildman–Crippen LogP) is -2.99. The molecule has 78 valence electrons. The van der Waals surface area contributed by atoms with Crippen LogP contribution < -0.4 is 0 Å². The van der Waals surface area contributed by atoms with Gasteiger partial charge < -0.3 is 30.3 Å². The van der Waals surface area contributed by atoms with Crippen molar-refractivity contribution in [3.05, 3.63) is 0 Å². The molecule has 0 aromatic heterocycles. The predicted molar refractivity (Wildman–Crippen MR) is 41.8 cm³/mol. The number of carbonyl (C=O) groups excluding carboxylic acids is 1. The van der Waals surface area contributed by atoms with Gasteiger partial charge in [0, 0.05) is 6.61 Å². The zero-order valence-electron chi connectivity index (χ0n) is 6.95. The van der Waals surface area contributed by atoms with E-state index in [-0.39, 0.29) is 19.3 Å². The Bertz CT molecular complexity index is 150. The molecule has 0 saturated heterocycles. The minimum atomic E-state index is -1.74. The Morgan fingerprint density at radius 3 is 2.00 bits per heavy atom. The molecule has 0 aromatic carbocycles. The number of aliphatic hydroxyl groups excluding tert-OH is 5. The van der Waals surface area contributed by atoms with Crippen molar-refractivity contribution in [2.75, 3.05) is 6.61 Å². The summed E-state index contributed by atoms with van der Waals surface area (Å²) in [7, 11) is 0. The molecule has 0 radical (unpaired) electrons. The van der Waals surface area contributed by atoms with E-state index in [2.05, 4.69) is 0 Å². The van der Waals surface area contributed by atoms with Crippen LogP contribution in [0.1, 0.15) is 6.42 Å². The molecular weight excluding hydrogens is 180 g/mol. The minimum absolute atomic E-state index is 0.0551. The number of hydrogen-bond donors (Lipinski definition) is 5. The second kappa shape index (κ2) is 6.01. The highest BCUT2D eigenvalue weighted by Crippen LogP contribution is 2.06. The Hall–Kier alpha value is -0.530. The van der Waals surface area contributed by atoms with Crippen molar-refractivity contribution in [3.8, 4) is 0 Å². The maximum Gasteiger partial charge on any atom is 0.151 e. The van der Waals surface area contributed by atoms with E-state index in [0.29, 0.717) is 0 Å². The fourth-order valence-electron chi connectivity index (χ4n) is 0.813. The summed E-state index contributed by atoms with van der Waals surface area (Å²) in [6, 6.07) is 0. The van der Waals surface area contributed by atoms with Crippen LogP contribution in [0.25, 0.3) is 0 Å². The van der Waals surface area contributed by atoms with Gasteiger partial charge in [-0.05, 0) is 6.42 Å². The van der Waals surface area contributed by atoms with Gasteiger partial charge in [-0.2, -0.15) is 0 Å². The standard InChI is InChI=1S/C7H14O6/c8-2-1-4(10)6(12)7(13)5(11)3-9/h3-8,10-13H,1-2H2/t4-,5-,6-,7+/m1/s1. The Kier molecular flexibility index (Phi) is 5.76. The first-order chi connectivity index (χ1) is 6.04. The van der Waals surface area contributed by atoms with Crippen LogP contribution in [0.2, 0.25) is 0 Å². The molecule has 0 aromatic rings. The molecule has 13 heavy (non-hydrogen) atoms. The Balaban J connectivity index is 4.06. The van der Waals surface area contributed by atoms with Crippen LogP contribution in [-0.4, -0.2) is 62.8 Å². The lowest BCUT2D eigenvalue weighted by Gasteiger charge is -2.23. The zero-order valence-corrected chi connectivity index (χ0v) is 6.95. The first-order valence-corrected chi connectivity index (χ1v) is 3.83. The summed E-state index contributed by atoms with van der Waals surface area (Å²) in [6.45, 7) is -0.359. The van der Waals surface area contributed by atoms with E-state index in [1.807, 2.05) is 0 Å². The zero-order chi connectivity index (χ0) is 10.4. The number of carbonyl (C=O) groups is 1. The topological polar surface area (TPSA) is 118 Å². The van der Waals surface area contributed by atoms with E-state index < -0.39 is 24.4 Å². The number of aliphatic hydroxyl groups is 5. The van der Waals surface area contributed by atoms with Crippen molar-refractivity contribution < 1.29 is 30.3 Å². The van der Waals surface area contributed by atoms with E-state index in [9.17, 15) is 4.79 Å². The number of hydrogen-bond acceptors (Lipinski definition) is 6. The van der Waals surface area contributed by atoms with Crippen LogP contribution in [0.3, 0.4) is 0 Å². The third-order valence-electron chi connectivity index (χ3n) is 1.66. The second-order valence-electron chi connectivity index (χ2n) is 2.69. The fraction of sp³-hybridized carbons (Fsp3) is 0.857. The number of aldehydes is 1. The molecular formula is C7H14O6. The van der Waals surface area contributed by atoms with Crippen LogP contribution in [0.4, 0.5) is 0 Å². The second-order valence-corrected chi connectivity index (χ2v) is 2.69. The van der Waals surface area contributed by atoms with E-state index >= 15 is 0 Å². The molecule has 0 heterocycles. The van der Waals surface area contributed by atoms with Gasteiger partial charge in [0.25, 0.3) is 0 Å². The van der Waals surface area contributed by atoms with Gasteiger partial charge in [0.2, 0.25) is 0 Å². The highest BCUT2D eigenvalue weighted by molar-refractivity contribution is 5.56. The number of rotatable bonds is 6. The molecule has 0 fully saturated rings. The van der Waals surface area contributed by atoms with E-state index in [1.165, 1.54) is 0 Å². The normalized spacial score (nSPS) is 20.4. The molecule has 5 N–H and O–H groups in total. The van der Waals surface area contributed by atoms with Crippen molar-refractivity contribution in [2.45, 2.75) is 30.8 Å². The SMILES string of the molecule is O=C[C@@H](O)[C@H](O)[C@H](O)[C@H](O)CCO. The van der Waals surface area contributed by atoms with Crippen molar-refractivity contribution >= 4 is 6.29 Å². The molecule has 0 aliphatic rings. The molecule has 0 saturated carbocycles. The van der Waals surface area contributed by atoms with Gasteiger partial charge >= 0.3 is 0 Å².